The van der Waals surface area contributed by atoms with Crippen molar-refractivity contribution in [1.82, 2.24) is 10.2 Å². The number of nitro groups is 1. The monoisotopic (exact) mass is 458 g/mol. The topological polar surface area (TPSA) is 78.7 Å². The lowest BCUT2D eigenvalue weighted by Gasteiger charge is -2.39. The molecular weight excluding hydrogens is 436 g/mol. The van der Waals surface area contributed by atoms with Crippen LogP contribution < -0.4 is 10.2 Å². The van der Waals surface area contributed by atoms with Gasteiger partial charge in [0.15, 0.2) is 5.11 Å². The van der Waals surface area contributed by atoms with E-state index in [4.69, 9.17) is 23.8 Å². The molecule has 0 fully saturated rings. The van der Waals surface area contributed by atoms with Crippen molar-refractivity contribution in [2.75, 3.05) is 18.0 Å². The summed E-state index contributed by atoms with van der Waals surface area (Å²) in [5.74, 6) is -0.152. The number of nitrogens with one attached hydrogen (secondary N) is 1. The predicted octanol–water partition coefficient (Wildman–Crippen LogP) is 4.83. The van der Waals surface area contributed by atoms with E-state index in [9.17, 15) is 14.9 Å². The predicted molar refractivity (Wildman–Crippen MR) is 126 cm³/mol. The summed E-state index contributed by atoms with van der Waals surface area (Å²) in [6.45, 7) is 6.74. The molecule has 1 heterocycles. The van der Waals surface area contributed by atoms with Crippen molar-refractivity contribution in [2.24, 2.45) is 0 Å². The number of rotatable bonds is 6. The lowest BCUT2D eigenvalue weighted by molar-refractivity contribution is -0.384. The SMILES string of the molecule is CCN(CC)C(=O)C1=C(C)N(c2ccccc2)C(=S)N[C@@H]1c1ccc(Cl)c([N+](=O)[O-])c1. The lowest BCUT2D eigenvalue weighted by atomic mass is 9.93. The van der Waals surface area contributed by atoms with E-state index in [0.717, 1.165) is 5.69 Å². The second-order valence-corrected chi connectivity index (χ2v) is 7.79. The van der Waals surface area contributed by atoms with Crippen LogP contribution in [0.4, 0.5) is 11.4 Å². The van der Waals surface area contributed by atoms with Crippen molar-refractivity contribution < 1.29 is 9.72 Å². The number of allylic oxidation sites excluding steroid dienone is 1. The highest BCUT2D eigenvalue weighted by Crippen LogP contribution is 2.37. The third-order valence-electron chi connectivity index (χ3n) is 5.28. The van der Waals surface area contributed by atoms with Crippen molar-refractivity contribution in [1.29, 1.82) is 0 Å². The summed E-state index contributed by atoms with van der Waals surface area (Å²) in [5.41, 5.74) is 2.31. The number of likely N-dealkylation sites (N-methyl/N-ethyl adjacent to an activating group) is 1. The van der Waals surface area contributed by atoms with Gasteiger partial charge in [0.25, 0.3) is 11.6 Å². The summed E-state index contributed by atoms with van der Waals surface area (Å²) < 4.78 is 0. The largest absolute Gasteiger partial charge is 0.351 e. The van der Waals surface area contributed by atoms with Crippen LogP contribution in [0.25, 0.3) is 0 Å². The summed E-state index contributed by atoms with van der Waals surface area (Å²) in [7, 11) is 0. The average molecular weight is 459 g/mol. The smallest absolute Gasteiger partial charge is 0.288 e. The second-order valence-electron chi connectivity index (χ2n) is 7.00. The van der Waals surface area contributed by atoms with Crippen LogP contribution in [0.5, 0.6) is 0 Å². The number of carbonyl (C=O) groups excluding carboxylic acids is 1. The minimum absolute atomic E-state index is 0.0374. The van der Waals surface area contributed by atoms with Gasteiger partial charge in [-0.15, -0.1) is 0 Å². The molecule has 162 valence electrons. The molecule has 31 heavy (non-hydrogen) atoms. The molecule has 1 aliphatic rings. The summed E-state index contributed by atoms with van der Waals surface area (Å²) in [6.07, 6.45) is 0. The molecule has 2 aromatic carbocycles. The van der Waals surface area contributed by atoms with Crippen LogP contribution in [0, 0.1) is 10.1 Å². The van der Waals surface area contributed by atoms with Gasteiger partial charge in [-0.25, -0.2) is 0 Å². The van der Waals surface area contributed by atoms with Crippen LogP contribution in [-0.4, -0.2) is 33.9 Å². The van der Waals surface area contributed by atoms with Crippen LogP contribution in [0.2, 0.25) is 5.02 Å². The number of thiocarbonyl (C=S) groups is 1. The molecular formula is C22H23ClN4O3S. The van der Waals surface area contributed by atoms with Crippen molar-refractivity contribution in [3.63, 3.8) is 0 Å². The normalized spacial score (nSPS) is 16.2. The molecule has 2 aromatic rings. The Morgan fingerprint density at radius 2 is 1.87 bits per heavy atom. The molecule has 1 N–H and O–H groups in total. The average Bonchev–Trinajstić information content (AvgIpc) is 2.75. The van der Waals surface area contributed by atoms with E-state index in [0.29, 0.717) is 35.0 Å². The van der Waals surface area contributed by atoms with Gasteiger partial charge in [0.1, 0.15) is 5.02 Å². The number of amides is 1. The first-order chi connectivity index (χ1) is 14.8. The van der Waals surface area contributed by atoms with Gasteiger partial charge >= 0.3 is 0 Å². The van der Waals surface area contributed by atoms with E-state index in [1.807, 2.05) is 56.0 Å². The molecule has 0 saturated heterocycles. The number of carbonyl (C=O) groups is 1. The zero-order chi connectivity index (χ0) is 22.7. The van der Waals surface area contributed by atoms with E-state index in [1.54, 1.807) is 11.0 Å². The van der Waals surface area contributed by atoms with Crippen LogP contribution >= 0.6 is 23.8 Å². The fraction of sp³-hybridized carbons (Fsp3) is 0.273. The van der Waals surface area contributed by atoms with Crippen molar-refractivity contribution in [3.05, 3.63) is 80.5 Å². The zero-order valence-corrected chi connectivity index (χ0v) is 19.0. The van der Waals surface area contributed by atoms with Gasteiger partial charge in [-0.3, -0.25) is 19.8 Å². The maximum atomic E-state index is 13.5. The summed E-state index contributed by atoms with van der Waals surface area (Å²) >= 11 is 11.6. The first-order valence-electron chi connectivity index (χ1n) is 9.89. The molecule has 9 heteroatoms. The molecule has 0 bridgehead atoms. The van der Waals surface area contributed by atoms with Crippen molar-refractivity contribution >= 4 is 46.2 Å². The molecule has 0 radical (unpaired) electrons. The van der Waals surface area contributed by atoms with Crippen LogP contribution in [0.1, 0.15) is 32.4 Å². The number of nitro benzene ring substituents is 1. The Bertz CT molecular complexity index is 1050. The molecule has 1 atom stereocenters. The van der Waals surface area contributed by atoms with Crippen molar-refractivity contribution in [2.45, 2.75) is 26.8 Å². The van der Waals surface area contributed by atoms with Crippen LogP contribution in [-0.2, 0) is 4.79 Å². The summed E-state index contributed by atoms with van der Waals surface area (Å²) in [4.78, 5) is 27.9. The molecule has 0 saturated carbocycles. The molecule has 1 aliphatic heterocycles. The maximum absolute atomic E-state index is 13.5. The fourth-order valence-electron chi connectivity index (χ4n) is 3.69. The minimum Gasteiger partial charge on any atom is -0.351 e. The fourth-order valence-corrected chi connectivity index (χ4v) is 4.24. The van der Waals surface area contributed by atoms with E-state index >= 15 is 0 Å². The third kappa shape index (κ3) is 4.40. The van der Waals surface area contributed by atoms with Gasteiger partial charge in [0, 0.05) is 30.5 Å². The Morgan fingerprint density at radius 3 is 2.45 bits per heavy atom. The highest BCUT2D eigenvalue weighted by Gasteiger charge is 2.36. The number of benzene rings is 2. The van der Waals surface area contributed by atoms with Crippen LogP contribution in [0.15, 0.2) is 59.8 Å². The Kier molecular flexibility index (Phi) is 6.92. The molecule has 0 spiro atoms. The number of anilines is 1. The highest BCUT2D eigenvalue weighted by molar-refractivity contribution is 7.80. The van der Waals surface area contributed by atoms with Crippen molar-refractivity contribution in [3.8, 4) is 0 Å². The number of para-hydroxylation sites is 1. The third-order valence-corrected chi connectivity index (χ3v) is 5.90. The van der Waals surface area contributed by atoms with E-state index in [-0.39, 0.29) is 16.6 Å². The Morgan fingerprint density at radius 1 is 1.23 bits per heavy atom. The number of hydrogen-bond donors (Lipinski definition) is 1. The maximum Gasteiger partial charge on any atom is 0.288 e. The molecule has 3 rings (SSSR count). The lowest BCUT2D eigenvalue weighted by Crippen LogP contribution is -2.50. The van der Waals surface area contributed by atoms with Gasteiger partial charge in [0.05, 0.1) is 16.5 Å². The number of nitrogens with zero attached hydrogens (tertiary/aromatic N) is 3. The van der Waals surface area contributed by atoms with Gasteiger partial charge in [0.2, 0.25) is 0 Å². The van der Waals surface area contributed by atoms with Gasteiger partial charge < -0.3 is 10.2 Å². The van der Waals surface area contributed by atoms with Gasteiger partial charge in [-0.1, -0.05) is 35.9 Å². The van der Waals surface area contributed by atoms with E-state index in [2.05, 4.69) is 5.32 Å². The first kappa shape index (κ1) is 22.7. The zero-order valence-electron chi connectivity index (χ0n) is 17.5. The quantitative estimate of drug-likeness (QED) is 0.379. The number of halogens is 1. The van der Waals surface area contributed by atoms with E-state index < -0.39 is 11.0 Å². The molecule has 0 aromatic heterocycles. The Balaban J connectivity index is 2.20. The van der Waals surface area contributed by atoms with E-state index in [1.165, 1.54) is 12.1 Å². The summed E-state index contributed by atoms with van der Waals surface area (Å²) in [6, 6.07) is 13.4. The number of hydrogen-bond acceptors (Lipinski definition) is 4. The molecule has 0 aliphatic carbocycles. The minimum atomic E-state index is -0.642. The Labute approximate surface area is 191 Å². The second kappa shape index (κ2) is 9.45. The molecule has 7 nitrogen and oxygen atoms in total. The van der Waals surface area contributed by atoms with Gasteiger partial charge in [-0.05, 0) is 56.8 Å². The summed E-state index contributed by atoms with van der Waals surface area (Å²) in [5, 5.41) is 15.1. The standard InChI is InChI=1S/C22H23ClN4O3S/c1-4-25(5-2)21(28)19-14(3)26(16-9-7-6-8-10-16)22(31)24-20(19)15-11-12-17(23)18(13-15)27(29)30/h6-13,20H,4-5H2,1-3H3,(H,24,31)/t20-/m1/s1. The first-order valence-corrected chi connectivity index (χ1v) is 10.7. The highest BCUT2D eigenvalue weighted by atomic mass is 35.5. The van der Waals surface area contributed by atoms with Crippen LogP contribution in [0.3, 0.4) is 0 Å². The molecule has 0 unspecified atom stereocenters. The van der Waals surface area contributed by atoms with Gasteiger partial charge in [-0.2, -0.15) is 0 Å². The Hall–Kier alpha value is -2.97. The molecule has 1 amide bonds.